The lowest BCUT2D eigenvalue weighted by atomic mass is 10.1. The summed E-state index contributed by atoms with van der Waals surface area (Å²) < 4.78 is 15.5. The first-order valence-electron chi connectivity index (χ1n) is 6.47. The minimum atomic E-state index is -0.379. The van der Waals surface area contributed by atoms with Crippen LogP contribution in [0, 0.1) is 19.7 Å². The summed E-state index contributed by atoms with van der Waals surface area (Å²) in [5, 5.41) is 11.6. The number of tetrazole rings is 1. The van der Waals surface area contributed by atoms with Crippen LogP contribution in [0.4, 0.5) is 10.1 Å². The van der Waals surface area contributed by atoms with Crippen LogP contribution in [-0.4, -0.2) is 20.2 Å². The smallest absolute Gasteiger partial charge is 0.187 e. The second-order valence-electron chi connectivity index (χ2n) is 4.94. The zero-order valence-corrected chi connectivity index (χ0v) is 11.7. The second-order valence-corrected chi connectivity index (χ2v) is 4.94. The van der Waals surface area contributed by atoms with Crippen LogP contribution >= 0.6 is 0 Å². The number of nitrogens with zero attached hydrogens (tertiary/aromatic N) is 4. The van der Waals surface area contributed by atoms with Crippen molar-refractivity contribution in [3.05, 3.63) is 53.3 Å². The van der Waals surface area contributed by atoms with E-state index in [1.807, 2.05) is 19.9 Å². The molecule has 0 bridgehead atoms. The average Bonchev–Trinajstić information content (AvgIpc) is 2.93. The topological polar surface area (TPSA) is 69.6 Å². The fourth-order valence-corrected chi connectivity index (χ4v) is 2.18. The van der Waals surface area contributed by atoms with Gasteiger partial charge in [-0.15, -0.1) is 5.10 Å². The SMILES string of the molecule is Cc1ccc(F)c(-n2nnnc2-c2cc(N)ccc2C)c1. The predicted molar refractivity (Wildman–Crippen MR) is 78.4 cm³/mol. The number of nitrogen functional groups attached to an aromatic ring is 1. The van der Waals surface area contributed by atoms with E-state index in [0.29, 0.717) is 17.2 Å². The van der Waals surface area contributed by atoms with E-state index in [1.165, 1.54) is 10.7 Å². The number of nitrogens with two attached hydrogens (primary N) is 1. The highest BCUT2D eigenvalue weighted by molar-refractivity contribution is 5.66. The van der Waals surface area contributed by atoms with E-state index < -0.39 is 0 Å². The molecule has 1 heterocycles. The Morgan fingerprint density at radius 3 is 2.71 bits per heavy atom. The molecule has 2 aromatic carbocycles. The van der Waals surface area contributed by atoms with Gasteiger partial charge in [-0.05, 0) is 59.7 Å². The van der Waals surface area contributed by atoms with Crippen molar-refractivity contribution in [2.75, 3.05) is 5.73 Å². The van der Waals surface area contributed by atoms with Gasteiger partial charge >= 0.3 is 0 Å². The van der Waals surface area contributed by atoms with Crippen molar-refractivity contribution < 1.29 is 4.39 Å². The Hall–Kier alpha value is -2.76. The van der Waals surface area contributed by atoms with Crippen LogP contribution in [0.25, 0.3) is 17.1 Å². The van der Waals surface area contributed by atoms with Crippen molar-refractivity contribution in [3.8, 4) is 17.1 Å². The van der Waals surface area contributed by atoms with Gasteiger partial charge in [0.25, 0.3) is 0 Å². The highest BCUT2D eigenvalue weighted by Crippen LogP contribution is 2.26. The summed E-state index contributed by atoms with van der Waals surface area (Å²) in [6.45, 7) is 3.82. The number of halogens is 1. The first-order valence-corrected chi connectivity index (χ1v) is 6.47. The Morgan fingerprint density at radius 2 is 1.90 bits per heavy atom. The van der Waals surface area contributed by atoms with Crippen LogP contribution < -0.4 is 5.73 Å². The third-order valence-electron chi connectivity index (χ3n) is 3.30. The van der Waals surface area contributed by atoms with E-state index >= 15 is 0 Å². The van der Waals surface area contributed by atoms with Crippen LogP contribution in [-0.2, 0) is 0 Å². The van der Waals surface area contributed by atoms with Crippen LogP contribution in [0.3, 0.4) is 0 Å². The molecule has 6 heteroatoms. The monoisotopic (exact) mass is 283 g/mol. The molecule has 0 atom stereocenters. The van der Waals surface area contributed by atoms with Gasteiger partial charge in [-0.1, -0.05) is 12.1 Å². The minimum Gasteiger partial charge on any atom is -0.399 e. The third-order valence-corrected chi connectivity index (χ3v) is 3.30. The number of hydrogen-bond donors (Lipinski definition) is 1. The first kappa shape index (κ1) is 13.2. The van der Waals surface area contributed by atoms with Gasteiger partial charge in [0.15, 0.2) is 5.82 Å². The summed E-state index contributed by atoms with van der Waals surface area (Å²) >= 11 is 0. The molecule has 0 fully saturated rings. The van der Waals surface area contributed by atoms with Crippen molar-refractivity contribution in [3.63, 3.8) is 0 Å². The lowest BCUT2D eigenvalue weighted by Gasteiger charge is -2.09. The molecule has 3 rings (SSSR count). The van der Waals surface area contributed by atoms with E-state index in [1.54, 1.807) is 24.3 Å². The quantitative estimate of drug-likeness (QED) is 0.734. The zero-order valence-electron chi connectivity index (χ0n) is 11.7. The molecule has 0 radical (unpaired) electrons. The highest BCUT2D eigenvalue weighted by Gasteiger charge is 2.16. The summed E-state index contributed by atoms with van der Waals surface area (Å²) in [6.07, 6.45) is 0. The fraction of sp³-hybridized carbons (Fsp3) is 0.133. The lowest BCUT2D eigenvalue weighted by molar-refractivity contribution is 0.607. The van der Waals surface area contributed by atoms with Gasteiger partial charge in [0, 0.05) is 11.3 Å². The number of aromatic nitrogens is 4. The number of anilines is 1. The second kappa shape index (κ2) is 4.97. The van der Waals surface area contributed by atoms with Gasteiger partial charge < -0.3 is 5.73 Å². The average molecular weight is 283 g/mol. The molecule has 0 amide bonds. The maximum absolute atomic E-state index is 14.1. The summed E-state index contributed by atoms with van der Waals surface area (Å²) in [5.41, 5.74) is 9.42. The molecule has 5 nitrogen and oxygen atoms in total. The molecule has 0 aliphatic carbocycles. The Kier molecular flexibility index (Phi) is 3.13. The molecule has 106 valence electrons. The van der Waals surface area contributed by atoms with Crippen molar-refractivity contribution >= 4 is 5.69 Å². The minimum absolute atomic E-state index is 0.317. The van der Waals surface area contributed by atoms with E-state index in [9.17, 15) is 4.39 Å². The first-order chi connectivity index (χ1) is 10.1. The maximum atomic E-state index is 14.1. The Labute approximate surface area is 121 Å². The van der Waals surface area contributed by atoms with Gasteiger partial charge in [-0.2, -0.15) is 4.68 Å². The molecular weight excluding hydrogens is 269 g/mol. The fourth-order valence-electron chi connectivity index (χ4n) is 2.18. The molecule has 0 spiro atoms. The molecule has 21 heavy (non-hydrogen) atoms. The molecule has 0 saturated heterocycles. The molecule has 0 unspecified atom stereocenters. The van der Waals surface area contributed by atoms with Crippen molar-refractivity contribution in [2.45, 2.75) is 13.8 Å². The van der Waals surface area contributed by atoms with Gasteiger partial charge in [0.05, 0.1) is 0 Å². The number of rotatable bonds is 2. The number of aryl methyl sites for hydroxylation is 2. The molecule has 0 aliphatic heterocycles. The molecule has 0 aliphatic rings. The van der Waals surface area contributed by atoms with Crippen molar-refractivity contribution in [1.29, 1.82) is 0 Å². The Morgan fingerprint density at radius 1 is 1.10 bits per heavy atom. The summed E-state index contributed by atoms with van der Waals surface area (Å²) in [7, 11) is 0. The van der Waals surface area contributed by atoms with Crippen LogP contribution in [0.1, 0.15) is 11.1 Å². The van der Waals surface area contributed by atoms with Crippen LogP contribution in [0.5, 0.6) is 0 Å². The van der Waals surface area contributed by atoms with Crippen molar-refractivity contribution in [1.82, 2.24) is 20.2 Å². The van der Waals surface area contributed by atoms with Gasteiger partial charge in [0.1, 0.15) is 11.5 Å². The molecule has 1 aromatic heterocycles. The standard InChI is InChI=1S/C15H14FN5/c1-9-3-6-13(16)14(7-9)21-15(18-19-20-21)12-8-11(17)5-4-10(12)2/h3-8H,17H2,1-2H3. The van der Waals surface area contributed by atoms with E-state index in [0.717, 1.165) is 16.7 Å². The summed E-state index contributed by atoms with van der Waals surface area (Å²) in [5.74, 6) is 0.0833. The van der Waals surface area contributed by atoms with Gasteiger partial charge in [-0.25, -0.2) is 4.39 Å². The largest absolute Gasteiger partial charge is 0.399 e. The Balaban J connectivity index is 2.22. The van der Waals surface area contributed by atoms with Crippen molar-refractivity contribution in [2.24, 2.45) is 0 Å². The van der Waals surface area contributed by atoms with Gasteiger partial charge in [0.2, 0.25) is 0 Å². The van der Waals surface area contributed by atoms with Crippen LogP contribution in [0.15, 0.2) is 36.4 Å². The summed E-state index contributed by atoms with van der Waals surface area (Å²) in [6, 6.07) is 10.3. The molecule has 3 aromatic rings. The maximum Gasteiger partial charge on any atom is 0.187 e. The Bertz CT molecular complexity index is 744. The highest BCUT2D eigenvalue weighted by atomic mass is 19.1. The van der Waals surface area contributed by atoms with Crippen LogP contribution in [0.2, 0.25) is 0 Å². The summed E-state index contributed by atoms with van der Waals surface area (Å²) in [4.78, 5) is 0. The number of benzene rings is 2. The van der Waals surface area contributed by atoms with E-state index in [2.05, 4.69) is 15.5 Å². The van der Waals surface area contributed by atoms with E-state index in [4.69, 9.17) is 5.73 Å². The van der Waals surface area contributed by atoms with Gasteiger partial charge in [-0.3, -0.25) is 0 Å². The molecule has 2 N–H and O–H groups in total. The third kappa shape index (κ3) is 2.35. The molecule has 0 saturated carbocycles. The van der Waals surface area contributed by atoms with E-state index in [-0.39, 0.29) is 5.82 Å². The molecular formula is C15H14FN5. The predicted octanol–water partition coefficient (Wildman–Crippen LogP) is 2.67. The number of hydrogen-bond acceptors (Lipinski definition) is 4. The lowest BCUT2D eigenvalue weighted by Crippen LogP contribution is -2.04. The normalized spacial score (nSPS) is 10.8. The zero-order chi connectivity index (χ0) is 15.0.